The largest absolute Gasteiger partial charge is 0.417 e. The van der Waals surface area contributed by atoms with Crippen LogP contribution in [0.25, 0.3) is 100 Å². The quantitative estimate of drug-likeness (QED) is 0.167. The first kappa shape index (κ1) is 44.2. The molecule has 8 aromatic carbocycles. The molecule has 0 aliphatic rings. The number of hydrogen-bond acceptors (Lipinski definition) is 4. The lowest BCUT2D eigenvalue weighted by molar-refractivity contribution is -0.137. The molecule has 70 heavy (non-hydrogen) atoms. The number of nitrogens with zero attached hydrogens (tertiary/aromatic N) is 6. The van der Waals surface area contributed by atoms with Crippen molar-refractivity contribution < 1.29 is 13.2 Å². The fourth-order valence-corrected chi connectivity index (χ4v) is 9.74. The van der Waals surface area contributed by atoms with Gasteiger partial charge < -0.3 is 9.13 Å². The summed E-state index contributed by atoms with van der Waals surface area (Å²) in [5, 5.41) is 14.2. The van der Waals surface area contributed by atoms with Crippen LogP contribution in [0.4, 0.5) is 13.2 Å². The van der Waals surface area contributed by atoms with E-state index in [2.05, 4.69) is 107 Å². The summed E-state index contributed by atoms with van der Waals surface area (Å²) in [6, 6.07) is 58.1. The number of aromatic nitrogens is 5. The standard InChI is InChI=1S/C61H47F3N6/c1-59(2,3)40-23-29-54-47(32-40)45-19-10-12-21-52(45)69(54)42-25-27-44(39-18-14-15-37(31-39)36-65)49(34-42)57-66-56(38-16-8-7-9-17-38)67-58(68-57)50-35-43(26-28-51(50)61(62,63)64)70-53-22-13-11-20-46(53)48-33-41(60(4,5)6)24-30-55(48)70/h7-35H,1-6H3. The van der Waals surface area contributed by atoms with E-state index >= 15 is 13.2 Å². The summed E-state index contributed by atoms with van der Waals surface area (Å²) in [6.45, 7) is 13.1. The van der Waals surface area contributed by atoms with E-state index in [-0.39, 0.29) is 33.9 Å². The van der Waals surface area contributed by atoms with Gasteiger partial charge in [-0.1, -0.05) is 139 Å². The molecule has 0 bridgehead atoms. The highest BCUT2D eigenvalue weighted by atomic mass is 19.4. The molecule has 0 saturated heterocycles. The second-order valence-electron chi connectivity index (χ2n) is 20.0. The third-order valence-electron chi connectivity index (χ3n) is 13.4. The summed E-state index contributed by atoms with van der Waals surface area (Å²) >= 11 is 0. The summed E-state index contributed by atoms with van der Waals surface area (Å²) in [5.74, 6) is 0.242. The smallest absolute Gasteiger partial charge is 0.309 e. The molecular weight excluding hydrogens is 874 g/mol. The van der Waals surface area contributed by atoms with Gasteiger partial charge in [-0.15, -0.1) is 0 Å². The Morgan fingerprint density at radius 3 is 1.46 bits per heavy atom. The van der Waals surface area contributed by atoms with Crippen LogP contribution in [0.1, 0.15) is 63.8 Å². The molecule has 6 nitrogen and oxygen atoms in total. The van der Waals surface area contributed by atoms with Crippen molar-refractivity contribution in [3.05, 3.63) is 198 Å². The lowest BCUT2D eigenvalue weighted by Gasteiger charge is -2.19. The van der Waals surface area contributed by atoms with Crippen molar-refractivity contribution in [1.29, 1.82) is 5.26 Å². The number of benzene rings is 8. The minimum absolute atomic E-state index is 0.0812. The van der Waals surface area contributed by atoms with Gasteiger partial charge in [0.05, 0.1) is 39.3 Å². The van der Waals surface area contributed by atoms with Crippen molar-refractivity contribution in [3.8, 4) is 62.7 Å². The lowest BCUT2D eigenvalue weighted by atomic mass is 9.86. The predicted molar refractivity (Wildman–Crippen MR) is 277 cm³/mol. The Kier molecular flexibility index (Phi) is 10.4. The van der Waals surface area contributed by atoms with E-state index in [9.17, 15) is 5.26 Å². The van der Waals surface area contributed by atoms with Gasteiger partial charge >= 0.3 is 6.18 Å². The fraction of sp³-hybridized carbons (Fsp3) is 0.148. The Morgan fingerprint density at radius 2 is 0.900 bits per heavy atom. The maximum atomic E-state index is 15.5. The van der Waals surface area contributed by atoms with Gasteiger partial charge in [-0.25, -0.2) is 15.0 Å². The fourth-order valence-electron chi connectivity index (χ4n) is 9.74. The van der Waals surface area contributed by atoms with Crippen LogP contribution in [-0.4, -0.2) is 24.1 Å². The number of hydrogen-bond donors (Lipinski definition) is 0. The number of para-hydroxylation sites is 2. The van der Waals surface area contributed by atoms with Crippen molar-refractivity contribution in [2.24, 2.45) is 0 Å². The van der Waals surface area contributed by atoms with E-state index in [0.717, 1.165) is 66.5 Å². The summed E-state index contributed by atoms with van der Waals surface area (Å²) < 4.78 is 50.8. The van der Waals surface area contributed by atoms with Gasteiger partial charge in [0.15, 0.2) is 17.5 Å². The zero-order chi connectivity index (χ0) is 48.7. The van der Waals surface area contributed by atoms with Gasteiger partial charge in [-0.2, -0.15) is 18.4 Å². The lowest BCUT2D eigenvalue weighted by Crippen LogP contribution is -2.11. The molecule has 342 valence electrons. The zero-order valence-electron chi connectivity index (χ0n) is 39.6. The molecule has 0 unspecified atom stereocenters. The third-order valence-corrected chi connectivity index (χ3v) is 13.4. The van der Waals surface area contributed by atoms with E-state index in [0.29, 0.717) is 27.9 Å². The van der Waals surface area contributed by atoms with Gasteiger partial charge in [-0.3, -0.25) is 0 Å². The van der Waals surface area contributed by atoms with Crippen LogP contribution in [0.2, 0.25) is 0 Å². The van der Waals surface area contributed by atoms with Crippen molar-refractivity contribution >= 4 is 43.6 Å². The first-order valence-corrected chi connectivity index (χ1v) is 23.3. The molecule has 0 aliphatic carbocycles. The maximum absolute atomic E-state index is 15.5. The van der Waals surface area contributed by atoms with Crippen molar-refractivity contribution in [3.63, 3.8) is 0 Å². The first-order chi connectivity index (χ1) is 33.5. The van der Waals surface area contributed by atoms with Crippen LogP contribution in [0.3, 0.4) is 0 Å². The highest BCUT2D eigenvalue weighted by molar-refractivity contribution is 6.11. The van der Waals surface area contributed by atoms with Gasteiger partial charge in [0.1, 0.15) is 0 Å². The number of alkyl halides is 3. The van der Waals surface area contributed by atoms with Gasteiger partial charge in [0, 0.05) is 49.6 Å². The molecule has 0 amide bonds. The number of halogens is 3. The molecule has 11 aromatic rings. The molecule has 0 fully saturated rings. The summed E-state index contributed by atoms with van der Waals surface area (Å²) in [6.07, 6.45) is -4.76. The van der Waals surface area contributed by atoms with E-state index < -0.39 is 11.7 Å². The SMILES string of the molecule is CC(C)(C)c1ccc2c(c1)c1ccccc1n2-c1ccc(-c2cccc(C#N)c2)c(-c2nc(-c3ccccc3)nc(-c3cc(-n4c5ccccc5c5cc(C(C)(C)C)ccc54)ccc3C(F)(F)F)n2)c1. The van der Waals surface area contributed by atoms with E-state index in [1.807, 2.05) is 95.6 Å². The molecule has 0 saturated carbocycles. The monoisotopic (exact) mass is 920 g/mol. The molecule has 0 N–H and O–H groups in total. The van der Waals surface area contributed by atoms with Crippen LogP contribution < -0.4 is 0 Å². The minimum Gasteiger partial charge on any atom is -0.309 e. The van der Waals surface area contributed by atoms with E-state index in [4.69, 9.17) is 15.0 Å². The third kappa shape index (κ3) is 7.66. The summed E-state index contributed by atoms with van der Waals surface area (Å²) in [7, 11) is 0. The zero-order valence-corrected chi connectivity index (χ0v) is 39.6. The highest BCUT2D eigenvalue weighted by Crippen LogP contribution is 2.43. The molecule has 3 heterocycles. The maximum Gasteiger partial charge on any atom is 0.417 e. The van der Waals surface area contributed by atoms with Crippen molar-refractivity contribution in [2.75, 3.05) is 0 Å². The molecule has 3 aromatic heterocycles. The molecule has 0 radical (unpaired) electrons. The van der Waals surface area contributed by atoms with E-state index in [1.165, 1.54) is 11.6 Å². The minimum atomic E-state index is -4.76. The van der Waals surface area contributed by atoms with Gasteiger partial charge in [-0.05, 0) is 112 Å². The average molecular weight is 921 g/mol. The van der Waals surface area contributed by atoms with E-state index in [1.54, 1.807) is 18.2 Å². The van der Waals surface area contributed by atoms with Crippen LogP contribution >= 0.6 is 0 Å². The van der Waals surface area contributed by atoms with Crippen LogP contribution in [0.15, 0.2) is 176 Å². The number of nitriles is 1. The van der Waals surface area contributed by atoms with Crippen LogP contribution in [-0.2, 0) is 17.0 Å². The van der Waals surface area contributed by atoms with Crippen molar-refractivity contribution in [2.45, 2.75) is 58.5 Å². The Labute approximate surface area is 404 Å². The summed E-state index contributed by atoms with van der Waals surface area (Å²) in [5.41, 5.74) is 9.14. The second-order valence-corrected chi connectivity index (χ2v) is 20.0. The Hall–Kier alpha value is -8.35. The van der Waals surface area contributed by atoms with Gasteiger partial charge in [0.25, 0.3) is 0 Å². The van der Waals surface area contributed by atoms with Crippen LogP contribution in [0.5, 0.6) is 0 Å². The normalized spacial score (nSPS) is 12.3. The van der Waals surface area contributed by atoms with Gasteiger partial charge in [0.2, 0.25) is 0 Å². The molecule has 0 aliphatic heterocycles. The average Bonchev–Trinajstić information content (AvgIpc) is 3.88. The molecule has 0 spiro atoms. The molecule has 11 rings (SSSR count). The highest BCUT2D eigenvalue weighted by Gasteiger charge is 2.35. The summed E-state index contributed by atoms with van der Waals surface area (Å²) in [4.78, 5) is 15.1. The first-order valence-electron chi connectivity index (χ1n) is 23.3. The Balaban J connectivity index is 1.19. The Bertz CT molecular complexity index is 3910. The predicted octanol–water partition coefficient (Wildman–Crippen LogP) is 16.2. The molecule has 9 heteroatoms. The second kappa shape index (κ2) is 16.4. The molecular formula is C61H47F3N6. The number of fused-ring (bicyclic) bond motifs is 6. The Morgan fingerprint density at radius 1 is 0.414 bits per heavy atom. The topological polar surface area (TPSA) is 72.3 Å². The van der Waals surface area contributed by atoms with Crippen molar-refractivity contribution in [1.82, 2.24) is 24.1 Å². The number of rotatable bonds is 6. The molecule has 0 atom stereocenters. The van der Waals surface area contributed by atoms with Crippen LogP contribution in [0, 0.1) is 11.3 Å².